The molecule has 1 saturated heterocycles. The molecule has 0 radical (unpaired) electrons. The molecule has 1 aliphatic heterocycles. The fraction of sp³-hybridized carbons (Fsp3) is 0.154. The van der Waals surface area contributed by atoms with E-state index in [-0.39, 0.29) is 23.4 Å². The average molecular weight is 488 g/mol. The molecule has 4 aromatic rings. The van der Waals surface area contributed by atoms with Crippen molar-refractivity contribution in [1.29, 1.82) is 0 Å². The molecule has 2 amide bonds. The van der Waals surface area contributed by atoms with Crippen molar-refractivity contribution in [3.8, 4) is 17.1 Å². The zero-order valence-corrected chi connectivity index (χ0v) is 19.5. The van der Waals surface area contributed by atoms with E-state index < -0.39 is 0 Å². The maximum absolute atomic E-state index is 13.5. The summed E-state index contributed by atoms with van der Waals surface area (Å²) >= 11 is 1.25. The molecule has 1 N–H and O–H groups in total. The van der Waals surface area contributed by atoms with Gasteiger partial charge in [0.2, 0.25) is 11.8 Å². The van der Waals surface area contributed by atoms with Crippen molar-refractivity contribution in [2.75, 3.05) is 22.5 Å². The van der Waals surface area contributed by atoms with E-state index in [2.05, 4.69) is 15.5 Å². The van der Waals surface area contributed by atoms with Crippen LogP contribution in [-0.4, -0.2) is 38.9 Å². The third kappa shape index (κ3) is 4.95. The Labute approximate surface area is 206 Å². The van der Waals surface area contributed by atoms with Crippen LogP contribution in [0.1, 0.15) is 12.8 Å². The number of anilines is 2. The summed E-state index contributed by atoms with van der Waals surface area (Å²) in [4.78, 5) is 26.8. The molecule has 5 rings (SSSR count). The lowest BCUT2D eigenvalue weighted by Crippen LogP contribution is -2.26. The Morgan fingerprint density at radius 1 is 0.971 bits per heavy atom. The number of aromatic nitrogens is 3. The van der Waals surface area contributed by atoms with Crippen LogP contribution in [0.5, 0.6) is 0 Å². The summed E-state index contributed by atoms with van der Waals surface area (Å²) in [6.45, 7) is 0.646. The van der Waals surface area contributed by atoms with E-state index in [1.165, 1.54) is 23.9 Å². The highest BCUT2D eigenvalue weighted by Crippen LogP contribution is 2.31. The average Bonchev–Trinajstić information content (AvgIpc) is 3.50. The first-order chi connectivity index (χ1) is 17.1. The summed E-state index contributed by atoms with van der Waals surface area (Å²) in [6.07, 6.45) is 1.33. The van der Waals surface area contributed by atoms with E-state index in [0.29, 0.717) is 40.9 Å². The van der Waals surface area contributed by atoms with Gasteiger partial charge >= 0.3 is 0 Å². The minimum atomic E-state index is -0.332. The number of amides is 2. The number of para-hydroxylation sites is 3. The monoisotopic (exact) mass is 487 g/mol. The number of carbonyl (C=O) groups is 2. The van der Waals surface area contributed by atoms with Gasteiger partial charge in [-0.3, -0.25) is 14.2 Å². The van der Waals surface area contributed by atoms with Crippen molar-refractivity contribution >= 4 is 35.0 Å². The van der Waals surface area contributed by atoms with Crippen LogP contribution < -0.4 is 10.2 Å². The molecule has 7 nitrogen and oxygen atoms in total. The van der Waals surface area contributed by atoms with Gasteiger partial charge in [-0.25, -0.2) is 4.39 Å². The van der Waals surface area contributed by atoms with Crippen LogP contribution in [0.15, 0.2) is 84.0 Å². The van der Waals surface area contributed by atoms with Gasteiger partial charge in [0.15, 0.2) is 11.0 Å². The summed E-state index contributed by atoms with van der Waals surface area (Å²) in [6, 6.07) is 22.9. The first kappa shape index (κ1) is 22.8. The molecule has 0 atom stereocenters. The Morgan fingerprint density at radius 3 is 2.46 bits per heavy atom. The summed E-state index contributed by atoms with van der Waals surface area (Å²) in [5.41, 5.74) is 2.85. The highest BCUT2D eigenvalue weighted by Gasteiger charge is 2.24. The lowest BCUT2D eigenvalue weighted by molar-refractivity contribution is -0.117. The Morgan fingerprint density at radius 2 is 1.71 bits per heavy atom. The van der Waals surface area contributed by atoms with Crippen LogP contribution in [0.2, 0.25) is 0 Å². The Kier molecular flexibility index (Phi) is 6.58. The molecule has 0 aliphatic carbocycles. The van der Waals surface area contributed by atoms with Gasteiger partial charge in [-0.15, -0.1) is 10.2 Å². The third-order valence-electron chi connectivity index (χ3n) is 5.62. The second kappa shape index (κ2) is 10.1. The van der Waals surface area contributed by atoms with Gasteiger partial charge in [-0.1, -0.05) is 42.1 Å². The normalized spacial score (nSPS) is 13.3. The summed E-state index contributed by atoms with van der Waals surface area (Å²) in [7, 11) is 0. The van der Waals surface area contributed by atoms with Crippen LogP contribution in [0.4, 0.5) is 15.8 Å². The van der Waals surface area contributed by atoms with E-state index in [1.807, 2.05) is 53.1 Å². The van der Waals surface area contributed by atoms with Crippen molar-refractivity contribution < 1.29 is 14.0 Å². The van der Waals surface area contributed by atoms with Gasteiger partial charge in [0.05, 0.1) is 17.1 Å². The molecule has 176 valence electrons. The highest BCUT2D eigenvalue weighted by atomic mass is 32.2. The van der Waals surface area contributed by atoms with E-state index in [4.69, 9.17) is 0 Å². The molecule has 3 aromatic carbocycles. The number of thioether (sulfide) groups is 1. The Balaban J connectivity index is 1.36. The quantitative estimate of drug-likeness (QED) is 0.374. The van der Waals surface area contributed by atoms with Gasteiger partial charge < -0.3 is 10.2 Å². The number of rotatable bonds is 7. The molecular formula is C26H22FN5O2S. The van der Waals surface area contributed by atoms with Crippen LogP contribution >= 0.6 is 11.8 Å². The number of benzene rings is 3. The maximum Gasteiger partial charge on any atom is 0.234 e. The van der Waals surface area contributed by atoms with Crippen LogP contribution in [0.3, 0.4) is 0 Å². The topological polar surface area (TPSA) is 80.1 Å². The van der Waals surface area contributed by atoms with Crippen molar-refractivity contribution in [1.82, 2.24) is 14.8 Å². The maximum atomic E-state index is 13.5. The molecule has 0 unspecified atom stereocenters. The fourth-order valence-electron chi connectivity index (χ4n) is 3.99. The first-order valence-electron chi connectivity index (χ1n) is 11.2. The summed E-state index contributed by atoms with van der Waals surface area (Å²) in [5.74, 6) is 0.153. The summed E-state index contributed by atoms with van der Waals surface area (Å²) < 4.78 is 15.3. The fourth-order valence-corrected chi connectivity index (χ4v) is 4.75. The van der Waals surface area contributed by atoms with E-state index >= 15 is 0 Å². The molecule has 1 fully saturated rings. The molecule has 35 heavy (non-hydrogen) atoms. The van der Waals surface area contributed by atoms with Crippen molar-refractivity contribution in [3.63, 3.8) is 0 Å². The predicted molar refractivity (Wildman–Crippen MR) is 134 cm³/mol. The number of halogens is 1. The zero-order valence-electron chi connectivity index (χ0n) is 18.7. The Hall–Kier alpha value is -3.98. The highest BCUT2D eigenvalue weighted by molar-refractivity contribution is 7.99. The van der Waals surface area contributed by atoms with Gasteiger partial charge in [0, 0.05) is 24.2 Å². The minimum Gasteiger partial charge on any atom is -0.324 e. The van der Waals surface area contributed by atoms with E-state index in [1.54, 1.807) is 23.1 Å². The Bertz CT molecular complexity index is 1360. The van der Waals surface area contributed by atoms with Crippen LogP contribution in [-0.2, 0) is 9.59 Å². The molecular weight excluding hydrogens is 465 g/mol. The molecule has 0 saturated carbocycles. The second-order valence-electron chi connectivity index (χ2n) is 7.99. The van der Waals surface area contributed by atoms with Gasteiger partial charge in [0.25, 0.3) is 0 Å². The molecule has 1 aliphatic rings. The van der Waals surface area contributed by atoms with Gasteiger partial charge in [-0.05, 0) is 55.0 Å². The van der Waals surface area contributed by atoms with Crippen molar-refractivity contribution in [2.24, 2.45) is 0 Å². The lowest BCUT2D eigenvalue weighted by Gasteiger charge is -2.19. The lowest BCUT2D eigenvalue weighted by atomic mass is 10.2. The molecule has 0 bridgehead atoms. The van der Waals surface area contributed by atoms with Gasteiger partial charge in [0.1, 0.15) is 5.82 Å². The summed E-state index contributed by atoms with van der Waals surface area (Å²) in [5, 5.41) is 12.1. The first-order valence-corrected chi connectivity index (χ1v) is 12.2. The molecule has 9 heteroatoms. The van der Waals surface area contributed by atoms with E-state index in [0.717, 1.165) is 12.1 Å². The van der Waals surface area contributed by atoms with Crippen LogP contribution in [0.25, 0.3) is 17.1 Å². The largest absolute Gasteiger partial charge is 0.324 e. The number of carbonyl (C=O) groups excluding carboxylic acids is 2. The van der Waals surface area contributed by atoms with E-state index in [9.17, 15) is 14.0 Å². The number of nitrogens with one attached hydrogen (secondary N) is 1. The van der Waals surface area contributed by atoms with Gasteiger partial charge in [-0.2, -0.15) is 0 Å². The number of hydrogen-bond acceptors (Lipinski definition) is 5. The number of hydrogen-bond donors (Lipinski definition) is 1. The second-order valence-corrected chi connectivity index (χ2v) is 8.93. The standard InChI is InChI=1S/C26H22FN5O2S/c27-19-14-12-18(13-15-19)25-29-30-26(32(25)20-7-2-1-3-8-20)35-17-23(33)28-21-9-4-5-10-22(21)31-16-6-11-24(31)34/h1-5,7-10,12-15H,6,11,16-17H2,(H,28,33). The smallest absolute Gasteiger partial charge is 0.234 e. The van der Waals surface area contributed by atoms with Crippen molar-refractivity contribution in [2.45, 2.75) is 18.0 Å². The SMILES string of the molecule is O=C(CSc1nnc(-c2ccc(F)cc2)n1-c1ccccc1)Nc1ccccc1N1CCCC1=O. The number of nitrogens with zero attached hydrogens (tertiary/aromatic N) is 4. The van der Waals surface area contributed by atoms with Crippen LogP contribution in [0, 0.1) is 5.82 Å². The molecule has 0 spiro atoms. The predicted octanol–water partition coefficient (Wildman–Crippen LogP) is 4.93. The minimum absolute atomic E-state index is 0.0605. The molecule has 2 heterocycles. The van der Waals surface area contributed by atoms with Crippen molar-refractivity contribution in [3.05, 3.63) is 84.7 Å². The third-order valence-corrected chi connectivity index (χ3v) is 6.55. The zero-order chi connectivity index (χ0) is 24.2. The molecule has 1 aromatic heterocycles.